The molecule has 0 N–H and O–H groups in total. The van der Waals surface area contributed by atoms with Gasteiger partial charge in [-0.25, -0.2) is 9.18 Å². The highest BCUT2D eigenvalue weighted by atomic mass is 127. The molecule has 5 nitrogen and oxygen atoms in total. The minimum atomic E-state index is -0.727. The zero-order valence-electron chi connectivity index (χ0n) is 15.1. The fraction of sp³-hybridized carbons (Fsp3) is 0.300. The van der Waals surface area contributed by atoms with Crippen LogP contribution in [0.3, 0.4) is 0 Å². The van der Waals surface area contributed by atoms with Crippen LogP contribution in [0.15, 0.2) is 42.5 Å². The average Bonchev–Trinajstić information content (AvgIpc) is 2.65. The Balaban J connectivity index is 0.00000364. The highest BCUT2D eigenvalue weighted by molar-refractivity contribution is 14.0. The van der Waals surface area contributed by atoms with Crippen molar-refractivity contribution in [2.24, 2.45) is 0 Å². The van der Waals surface area contributed by atoms with Gasteiger partial charge in [-0.1, -0.05) is 13.3 Å². The van der Waals surface area contributed by atoms with Crippen LogP contribution >= 0.6 is 24.0 Å². The van der Waals surface area contributed by atoms with Crippen molar-refractivity contribution in [3.05, 3.63) is 53.8 Å². The van der Waals surface area contributed by atoms with Gasteiger partial charge in [0.15, 0.2) is 17.7 Å². The lowest BCUT2D eigenvalue weighted by Gasteiger charge is -2.14. The van der Waals surface area contributed by atoms with E-state index in [9.17, 15) is 9.18 Å². The Labute approximate surface area is 175 Å². The first-order valence-corrected chi connectivity index (χ1v) is 8.34. The molecule has 2 rings (SSSR count). The van der Waals surface area contributed by atoms with E-state index >= 15 is 0 Å². The minimum Gasteiger partial charge on any atom is -0.479 e. The number of esters is 1. The summed E-state index contributed by atoms with van der Waals surface area (Å²) in [5, 5.41) is 8.74. The van der Waals surface area contributed by atoms with Gasteiger partial charge in [0.1, 0.15) is 11.5 Å². The number of unbranched alkanes of at least 4 members (excludes halogenated alkanes) is 1. The van der Waals surface area contributed by atoms with Gasteiger partial charge < -0.3 is 14.2 Å². The number of hydrogen-bond donors (Lipinski definition) is 0. The van der Waals surface area contributed by atoms with Gasteiger partial charge in [0, 0.05) is 0 Å². The van der Waals surface area contributed by atoms with E-state index in [1.807, 2.05) is 13.0 Å². The summed E-state index contributed by atoms with van der Waals surface area (Å²) in [6, 6.07) is 12.3. The second-order valence-corrected chi connectivity index (χ2v) is 5.61. The van der Waals surface area contributed by atoms with Crippen LogP contribution in [-0.4, -0.2) is 18.7 Å². The standard InChI is InChI=1S/C20H20FNO4.HI/c1-3-4-11-24-20(23)14(2)25-16-6-8-17(9-7-16)26-19-10-5-15(13-22)12-18(19)21;/h5-10,12,14H,3-4,11H2,1-2H3;1H. The van der Waals surface area contributed by atoms with E-state index in [2.05, 4.69) is 0 Å². The normalized spacial score (nSPS) is 10.9. The molecule has 0 aliphatic carbocycles. The molecule has 2 aromatic rings. The maximum absolute atomic E-state index is 13.8. The van der Waals surface area contributed by atoms with Crippen LogP contribution in [0.2, 0.25) is 0 Å². The average molecular weight is 485 g/mol. The lowest BCUT2D eigenvalue weighted by Crippen LogP contribution is -2.26. The zero-order valence-corrected chi connectivity index (χ0v) is 17.4. The maximum atomic E-state index is 13.8. The molecule has 0 bridgehead atoms. The van der Waals surface area contributed by atoms with Crippen molar-refractivity contribution in [3.8, 4) is 23.3 Å². The monoisotopic (exact) mass is 485 g/mol. The molecule has 1 unspecified atom stereocenters. The Kier molecular flexibility index (Phi) is 9.58. The number of rotatable bonds is 8. The molecule has 0 aliphatic heterocycles. The van der Waals surface area contributed by atoms with Crippen LogP contribution in [-0.2, 0) is 9.53 Å². The van der Waals surface area contributed by atoms with Gasteiger partial charge in [-0.05, 0) is 55.8 Å². The van der Waals surface area contributed by atoms with Crippen molar-refractivity contribution in [2.45, 2.75) is 32.8 Å². The number of halogens is 2. The molecule has 7 heteroatoms. The van der Waals surface area contributed by atoms with E-state index in [0.29, 0.717) is 18.1 Å². The van der Waals surface area contributed by atoms with E-state index in [1.165, 1.54) is 12.1 Å². The van der Waals surface area contributed by atoms with Crippen LogP contribution in [0.25, 0.3) is 0 Å². The Morgan fingerprint density at radius 2 is 1.85 bits per heavy atom. The number of nitriles is 1. The van der Waals surface area contributed by atoms with Crippen LogP contribution < -0.4 is 9.47 Å². The third kappa shape index (κ3) is 7.06. The summed E-state index contributed by atoms with van der Waals surface area (Å²) in [4.78, 5) is 11.8. The number of carbonyl (C=O) groups excluding carboxylic acids is 1. The lowest BCUT2D eigenvalue weighted by atomic mass is 10.2. The molecule has 0 heterocycles. The summed E-state index contributed by atoms with van der Waals surface area (Å²) in [5.41, 5.74) is 0.221. The molecule has 0 amide bonds. The van der Waals surface area contributed by atoms with Crippen LogP contribution in [0.5, 0.6) is 17.2 Å². The van der Waals surface area contributed by atoms with Crippen molar-refractivity contribution < 1.29 is 23.4 Å². The van der Waals surface area contributed by atoms with Gasteiger partial charge >= 0.3 is 5.97 Å². The first-order chi connectivity index (χ1) is 12.5. The molecule has 0 spiro atoms. The van der Waals surface area contributed by atoms with Crippen molar-refractivity contribution in [3.63, 3.8) is 0 Å². The fourth-order valence-corrected chi connectivity index (χ4v) is 2.05. The van der Waals surface area contributed by atoms with Gasteiger partial charge in [0.25, 0.3) is 0 Å². The first kappa shape index (κ1) is 22.7. The predicted molar refractivity (Wildman–Crippen MR) is 109 cm³/mol. The summed E-state index contributed by atoms with van der Waals surface area (Å²) >= 11 is 0. The van der Waals surface area contributed by atoms with E-state index in [0.717, 1.165) is 18.9 Å². The smallest absolute Gasteiger partial charge is 0.347 e. The number of hydrogen-bond acceptors (Lipinski definition) is 5. The number of ether oxygens (including phenoxy) is 3. The molecule has 0 radical (unpaired) electrons. The first-order valence-electron chi connectivity index (χ1n) is 8.34. The molecule has 0 saturated heterocycles. The quantitative estimate of drug-likeness (QED) is 0.292. The molecule has 2 aromatic carbocycles. The van der Waals surface area contributed by atoms with E-state index < -0.39 is 17.9 Å². The minimum absolute atomic E-state index is 0. The molecule has 1 atom stereocenters. The Morgan fingerprint density at radius 3 is 2.44 bits per heavy atom. The molecule has 0 fully saturated rings. The number of benzene rings is 2. The molecule has 0 aromatic heterocycles. The van der Waals surface area contributed by atoms with E-state index in [-0.39, 0.29) is 35.3 Å². The summed E-state index contributed by atoms with van der Waals surface area (Å²) in [7, 11) is 0. The molecular formula is C20H21FINO4. The third-order valence-corrected chi connectivity index (χ3v) is 3.50. The summed E-state index contributed by atoms with van der Waals surface area (Å²) < 4.78 is 29.9. The largest absolute Gasteiger partial charge is 0.479 e. The third-order valence-electron chi connectivity index (χ3n) is 3.50. The van der Waals surface area contributed by atoms with E-state index in [4.69, 9.17) is 19.5 Å². The van der Waals surface area contributed by atoms with Crippen molar-refractivity contribution in [2.75, 3.05) is 6.61 Å². The highest BCUT2D eigenvalue weighted by Crippen LogP contribution is 2.27. The number of carbonyl (C=O) groups is 1. The predicted octanol–water partition coefficient (Wildman–Crippen LogP) is 5.22. The van der Waals surface area contributed by atoms with Gasteiger partial charge in [-0.2, -0.15) is 5.26 Å². The second kappa shape index (κ2) is 11.4. The molecule has 0 aliphatic rings. The van der Waals surface area contributed by atoms with Crippen LogP contribution in [0.4, 0.5) is 4.39 Å². The zero-order chi connectivity index (χ0) is 18.9. The highest BCUT2D eigenvalue weighted by Gasteiger charge is 2.16. The summed E-state index contributed by atoms with van der Waals surface area (Å²) in [6.07, 6.45) is 1.04. The van der Waals surface area contributed by atoms with Crippen molar-refractivity contribution >= 4 is 29.9 Å². The Morgan fingerprint density at radius 1 is 1.19 bits per heavy atom. The van der Waals surface area contributed by atoms with Gasteiger partial charge in [0.2, 0.25) is 0 Å². The SMILES string of the molecule is CCCCOC(=O)C(C)Oc1ccc(Oc2ccc(C#N)cc2F)cc1.I. The van der Waals surface area contributed by atoms with Gasteiger partial charge in [0.05, 0.1) is 18.2 Å². The Hall–Kier alpha value is -2.34. The number of nitrogens with zero attached hydrogens (tertiary/aromatic N) is 1. The Bertz CT molecular complexity index is 790. The van der Waals surface area contributed by atoms with Gasteiger partial charge in [-0.3, -0.25) is 0 Å². The lowest BCUT2D eigenvalue weighted by molar-refractivity contribution is -0.151. The molecule has 0 saturated carbocycles. The van der Waals surface area contributed by atoms with Crippen molar-refractivity contribution in [1.29, 1.82) is 5.26 Å². The molecular weight excluding hydrogens is 464 g/mol. The van der Waals surface area contributed by atoms with E-state index in [1.54, 1.807) is 31.2 Å². The molecule has 27 heavy (non-hydrogen) atoms. The van der Waals surface area contributed by atoms with Crippen LogP contribution in [0.1, 0.15) is 32.3 Å². The summed E-state index contributed by atoms with van der Waals surface area (Å²) in [5.74, 6) is -0.145. The topological polar surface area (TPSA) is 68.6 Å². The maximum Gasteiger partial charge on any atom is 0.347 e. The summed E-state index contributed by atoms with van der Waals surface area (Å²) in [6.45, 7) is 4.01. The van der Waals surface area contributed by atoms with Crippen molar-refractivity contribution in [1.82, 2.24) is 0 Å². The fourth-order valence-electron chi connectivity index (χ4n) is 2.05. The van der Waals surface area contributed by atoms with Gasteiger partial charge in [-0.15, -0.1) is 24.0 Å². The van der Waals surface area contributed by atoms with Crippen LogP contribution in [0, 0.1) is 17.1 Å². The molecule has 144 valence electrons. The second-order valence-electron chi connectivity index (χ2n) is 5.61.